The summed E-state index contributed by atoms with van der Waals surface area (Å²) in [6, 6.07) is 13.5. The van der Waals surface area contributed by atoms with Crippen LogP contribution in [0, 0.1) is 11.3 Å². The summed E-state index contributed by atoms with van der Waals surface area (Å²) in [5.74, 6) is 0.881. The van der Waals surface area contributed by atoms with Crippen molar-refractivity contribution < 1.29 is 17.9 Å². The van der Waals surface area contributed by atoms with Crippen LogP contribution < -0.4 is 10.1 Å². The number of halogens is 3. The highest BCUT2D eigenvalue weighted by Crippen LogP contribution is 2.38. The Hall–Kier alpha value is -4.23. The molecule has 0 saturated heterocycles. The summed E-state index contributed by atoms with van der Waals surface area (Å²) in [6.07, 6.45) is -1.26. The first-order valence-electron chi connectivity index (χ1n) is 13.6. The summed E-state index contributed by atoms with van der Waals surface area (Å²) in [7, 11) is 0. The van der Waals surface area contributed by atoms with Gasteiger partial charge in [-0.25, -0.2) is 4.98 Å². The maximum atomic E-state index is 13.3. The van der Waals surface area contributed by atoms with Crippen LogP contribution >= 0.6 is 0 Å². The molecule has 0 saturated carbocycles. The molecule has 0 spiro atoms. The number of benzene rings is 1. The minimum atomic E-state index is -4.55. The lowest BCUT2D eigenvalue weighted by atomic mass is 9.91. The summed E-state index contributed by atoms with van der Waals surface area (Å²) < 4.78 is 47.7. The van der Waals surface area contributed by atoms with Gasteiger partial charge in [0, 0.05) is 54.6 Å². The highest BCUT2D eigenvalue weighted by atomic mass is 19.4. The van der Waals surface area contributed by atoms with Crippen molar-refractivity contribution in [1.82, 2.24) is 24.8 Å². The number of hydrogen-bond acceptors (Lipinski definition) is 6. The minimum Gasteiger partial charge on any atom is -0.487 e. The van der Waals surface area contributed by atoms with Gasteiger partial charge in [0.25, 0.3) is 0 Å². The van der Waals surface area contributed by atoms with E-state index in [4.69, 9.17) is 9.72 Å². The molecule has 0 aliphatic carbocycles. The van der Waals surface area contributed by atoms with Gasteiger partial charge in [-0.05, 0) is 31.4 Å². The predicted molar refractivity (Wildman–Crippen MR) is 149 cm³/mol. The molecule has 5 rings (SSSR count). The Morgan fingerprint density at radius 1 is 1.10 bits per heavy atom. The normalized spacial score (nSPS) is 13.4. The molecule has 0 amide bonds. The van der Waals surface area contributed by atoms with Crippen molar-refractivity contribution in [3.8, 4) is 34.6 Å². The Morgan fingerprint density at radius 3 is 2.54 bits per heavy atom. The Balaban J connectivity index is 1.48. The van der Waals surface area contributed by atoms with Gasteiger partial charge in [-0.3, -0.25) is 9.97 Å². The molecule has 0 fully saturated rings. The molecule has 10 heteroatoms. The molecule has 1 aromatic carbocycles. The van der Waals surface area contributed by atoms with Gasteiger partial charge < -0.3 is 14.6 Å². The van der Waals surface area contributed by atoms with E-state index < -0.39 is 11.9 Å². The van der Waals surface area contributed by atoms with Crippen molar-refractivity contribution in [2.45, 2.75) is 65.4 Å². The molecule has 0 radical (unpaired) electrons. The molecule has 0 atom stereocenters. The molecular weight excluding hydrogens is 529 g/mol. The lowest BCUT2D eigenvalue weighted by molar-refractivity contribution is -0.140. The Morgan fingerprint density at radius 2 is 1.88 bits per heavy atom. The van der Waals surface area contributed by atoms with Crippen LogP contribution in [-0.2, 0) is 25.7 Å². The number of ether oxygens (including phenoxy) is 1. The fourth-order valence-electron chi connectivity index (χ4n) is 5.04. The van der Waals surface area contributed by atoms with Crippen LogP contribution in [0.2, 0.25) is 0 Å². The monoisotopic (exact) mass is 560 g/mol. The zero-order valence-corrected chi connectivity index (χ0v) is 23.4. The standard InChI is InChI=1S/C31H31F3N6O/c1-18(2)21-7-5-6-8-22(21)28-23(13-35)29(24-15-36-12-11-25(24)38-28)41-17-20-9-10-26(37-14-20)30-39-27(31(32,33)34)16-40(30)19(3)4/h5-10,14,16,18-19,36H,11-12,15,17H2,1-4H3. The molecule has 41 heavy (non-hydrogen) atoms. The quantitative estimate of drug-likeness (QED) is 0.267. The second-order valence-corrected chi connectivity index (χ2v) is 10.7. The van der Waals surface area contributed by atoms with E-state index in [1.807, 2.05) is 18.2 Å². The number of nitriles is 1. The summed E-state index contributed by atoms with van der Waals surface area (Å²) in [5, 5.41) is 13.6. The highest BCUT2D eigenvalue weighted by molar-refractivity contribution is 5.75. The first-order valence-corrected chi connectivity index (χ1v) is 13.6. The van der Waals surface area contributed by atoms with Gasteiger partial charge in [0.2, 0.25) is 0 Å². The van der Waals surface area contributed by atoms with Gasteiger partial charge >= 0.3 is 6.18 Å². The van der Waals surface area contributed by atoms with Gasteiger partial charge in [-0.15, -0.1) is 0 Å². The zero-order valence-electron chi connectivity index (χ0n) is 23.4. The number of pyridine rings is 2. The third-order valence-electron chi connectivity index (χ3n) is 7.14. The molecule has 1 N–H and O–H groups in total. The van der Waals surface area contributed by atoms with E-state index in [1.54, 1.807) is 32.2 Å². The largest absolute Gasteiger partial charge is 0.487 e. The van der Waals surface area contributed by atoms with Crippen LogP contribution in [0.4, 0.5) is 13.2 Å². The molecule has 0 bridgehead atoms. The van der Waals surface area contributed by atoms with Crippen LogP contribution in [0.5, 0.6) is 5.75 Å². The number of alkyl halides is 3. The third-order valence-corrected chi connectivity index (χ3v) is 7.14. The second-order valence-electron chi connectivity index (χ2n) is 10.7. The first-order chi connectivity index (χ1) is 19.6. The average Bonchev–Trinajstić information content (AvgIpc) is 3.42. The van der Waals surface area contributed by atoms with Gasteiger partial charge in [0.1, 0.15) is 29.7 Å². The molecule has 0 unspecified atom stereocenters. The molecule has 1 aliphatic heterocycles. The molecular formula is C31H31F3N6O. The summed E-state index contributed by atoms with van der Waals surface area (Å²) in [5.41, 5.74) is 4.85. The van der Waals surface area contributed by atoms with Crippen LogP contribution in [0.25, 0.3) is 22.8 Å². The predicted octanol–water partition coefficient (Wildman–Crippen LogP) is 6.83. The van der Waals surface area contributed by atoms with Gasteiger partial charge in [-0.1, -0.05) is 44.2 Å². The van der Waals surface area contributed by atoms with Crippen molar-refractivity contribution in [2.75, 3.05) is 6.54 Å². The highest BCUT2D eigenvalue weighted by Gasteiger charge is 2.35. The minimum absolute atomic E-state index is 0.121. The van der Waals surface area contributed by atoms with Gasteiger partial charge in [-0.2, -0.15) is 18.4 Å². The number of imidazole rings is 1. The summed E-state index contributed by atoms with van der Waals surface area (Å²) >= 11 is 0. The number of fused-ring (bicyclic) bond motifs is 1. The first kappa shape index (κ1) is 28.3. The molecule has 4 aromatic rings. The van der Waals surface area contributed by atoms with Crippen molar-refractivity contribution in [3.63, 3.8) is 0 Å². The van der Waals surface area contributed by atoms with E-state index in [1.165, 1.54) is 4.57 Å². The Bertz CT molecular complexity index is 1600. The number of rotatable bonds is 7. The topological polar surface area (TPSA) is 88.7 Å². The lowest BCUT2D eigenvalue weighted by Gasteiger charge is -2.23. The van der Waals surface area contributed by atoms with Crippen molar-refractivity contribution >= 4 is 0 Å². The summed E-state index contributed by atoms with van der Waals surface area (Å²) in [6.45, 7) is 9.24. The molecule has 212 valence electrons. The number of nitrogens with one attached hydrogen (secondary N) is 1. The lowest BCUT2D eigenvalue weighted by Crippen LogP contribution is -2.26. The SMILES string of the molecule is CC(C)c1ccccc1-c1nc2c(c(OCc3ccc(-c4nc(C(F)(F)F)cn4C(C)C)nc3)c1C#N)CNCC2. The maximum absolute atomic E-state index is 13.3. The smallest absolute Gasteiger partial charge is 0.434 e. The third kappa shape index (κ3) is 5.68. The summed E-state index contributed by atoms with van der Waals surface area (Å²) in [4.78, 5) is 13.2. The maximum Gasteiger partial charge on any atom is 0.434 e. The number of nitrogens with zero attached hydrogens (tertiary/aromatic N) is 5. The van der Waals surface area contributed by atoms with E-state index in [2.05, 4.69) is 41.3 Å². The molecule has 4 heterocycles. The van der Waals surface area contributed by atoms with E-state index in [-0.39, 0.29) is 24.4 Å². The second kappa shape index (κ2) is 11.3. The van der Waals surface area contributed by atoms with Crippen LogP contribution in [0.1, 0.15) is 73.3 Å². The van der Waals surface area contributed by atoms with Crippen molar-refractivity contribution in [3.05, 3.63) is 82.4 Å². The molecule has 3 aromatic heterocycles. The van der Waals surface area contributed by atoms with Crippen LogP contribution in [-0.4, -0.2) is 26.1 Å². The van der Waals surface area contributed by atoms with Crippen molar-refractivity contribution in [2.24, 2.45) is 0 Å². The zero-order chi connectivity index (χ0) is 29.3. The van der Waals surface area contributed by atoms with E-state index in [0.29, 0.717) is 41.2 Å². The fraction of sp³-hybridized carbons (Fsp3) is 0.355. The van der Waals surface area contributed by atoms with Crippen LogP contribution in [0.15, 0.2) is 48.8 Å². The van der Waals surface area contributed by atoms with Gasteiger partial charge in [0.05, 0.1) is 11.4 Å². The molecule has 1 aliphatic rings. The number of hydrogen-bond donors (Lipinski definition) is 1. The van der Waals surface area contributed by atoms with E-state index >= 15 is 0 Å². The Labute approximate surface area is 237 Å². The fourth-order valence-corrected chi connectivity index (χ4v) is 5.04. The van der Waals surface area contributed by atoms with Gasteiger partial charge in [0.15, 0.2) is 11.5 Å². The van der Waals surface area contributed by atoms with Crippen molar-refractivity contribution in [1.29, 1.82) is 5.26 Å². The van der Waals surface area contributed by atoms with Crippen LogP contribution in [0.3, 0.4) is 0 Å². The average molecular weight is 561 g/mol. The van der Waals surface area contributed by atoms with E-state index in [0.717, 1.165) is 35.1 Å². The molecule has 7 nitrogen and oxygen atoms in total. The number of aromatic nitrogens is 4. The van der Waals surface area contributed by atoms with E-state index in [9.17, 15) is 18.4 Å². The Kier molecular flexibility index (Phi) is 7.82.